The highest BCUT2D eigenvalue weighted by Gasteiger charge is 2.26. The Morgan fingerprint density at radius 1 is 0.446 bits per heavy atom. The summed E-state index contributed by atoms with van der Waals surface area (Å²) in [4.78, 5) is 45.9. The molecular formula is C48H91N5O3. The summed E-state index contributed by atoms with van der Waals surface area (Å²) < 4.78 is 0. The predicted molar refractivity (Wildman–Crippen MR) is 240 cm³/mol. The molecule has 1 fully saturated rings. The predicted octanol–water partition coefficient (Wildman–Crippen LogP) is 11.0. The molecule has 1 saturated heterocycles. The van der Waals surface area contributed by atoms with E-state index in [1.807, 2.05) is 9.80 Å². The van der Waals surface area contributed by atoms with Crippen molar-refractivity contribution in [1.82, 2.24) is 14.7 Å². The number of hydrogen-bond donors (Lipinski definition) is 2. The standard InChI is InChI=1S/C48H91N5O3/c1-3-5-7-9-11-13-15-17-19-21-23-25-27-29-31-36-46(54)51-39-40-52(42-44-53(43-41-51)48(56)45(50)35-33-34-38-49)47(55)37-32-30-28-26-24-22-20-18-16-14-12-10-8-6-4-2/h17-20,45H,3-16,21-44,49-50H2,1-2H3. The zero-order valence-electron chi connectivity index (χ0n) is 37.0. The van der Waals surface area contributed by atoms with Gasteiger partial charge in [0.25, 0.3) is 0 Å². The fourth-order valence-corrected chi connectivity index (χ4v) is 7.66. The van der Waals surface area contributed by atoms with E-state index in [0.29, 0.717) is 65.1 Å². The van der Waals surface area contributed by atoms with Gasteiger partial charge in [-0.1, -0.05) is 147 Å². The number of hydrogen-bond acceptors (Lipinski definition) is 5. The number of carbonyl (C=O) groups excluding carboxylic acids is 3. The first kappa shape index (κ1) is 51.8. The molecule has 4 N–H and O–H groups in total. The maximum atomic E-state index is 13.5. The third-order valence-electron chi connectivity index (χ3n) is 11.5. The highest BCUT2D eigenvalue weighted by atomic mass is 16.2. The van der Waals surface area contributed by atoms with Crippen LogP contribution in [0.1, 0.15) is 213 Å². The van der Waals surface area contributed by atoms with E-state index in [0.717, 1.165) is 64.2 Å². The number of allylic oxidation sites excluding steroid dienone is 4. The Morgan fingerprint density at radius 3 is 1.12 bits per heavy atom. The van der Waals surface area contributed by atoms with Crippen LogP contribution in [-0.2, 0) is 14.4 Å². The molecule has 0 bridgehead atoms. The highest BCUT2D eigenvalue weighted by molar-refractivity contribution is 5.82. The van der Waals surface area contributed by atoms with Crippen molar-refractivity contribution in [2.75, 3.05) is 45.8 Å². The Morgan fingerprint density at radius 2 is 0.768 bits per heavy atom. The molecule has 0 aliphatic carbocycles. The van der Waals surface area contributed by atoms with Crippen LogP contribution in [0, 0.1) is 0 Å². The van der Waals surface area contributed by atoms with E-state index in [2.05, 4.69) is 38.2 Å². The van der Waals surface area contributed by atoms with Crippen molar-refractivity contribution in [3.8, 4) is 0 Å². The lowest BCUT2D eigenvalue weighted by molar-refractivity contribution is -0.136. The van der Waals surface area contributed by atoms with Gasteiger partial charge in [0.05, 0.1) is 6.04 Å². The second-order valence-electron chi connectivity index (χ2n) is 16.6. The van der Waals surface area contributed by atoms with Crippen LogP contribution in [-0.4, -0.2) is 84.3 Å². The van der Waals surface area contributed by atoms with E-state index in [4.69, 9.17) is 11.5 Å². The summed E-state index contributed by atoms with van der Waals surface area (Å²) in [7, 11) is 0. The lowest BCUT2D eigenvalue weighted by Gasteiger charge is -2.28. The molecule has 3 amide bonds. The van der Waals surface area contributed by atoms with Crippen LogP contribution in [0.3, 0.4) is 0 Å². The van der Waals surface area contributed by atoms with Gasteiger partial charge in [-0.2, -0.15) is 0 Å². The molecule has 1 aliphatic rings. The molecule has 1 heterocycles. The summed E-state index contributed by atoms with van der Waals surface area (Å²) in [5, 5.41) is 0. The van der Waals surface area contributed by atoms with Gasteiger partial charge < -0.3 is 26.2 Å². The molecule has 0 aromatic carbocycles. The monoisotopic (exact) mass is 786 g/mol. The second-order valence-corrected chi connectivity index (χ2v) is 16.6. The first-order valence-electron chi connectivity index (χ1n) is 24.0. The number of unbranched alkanes of at least 4 members (excludes halogenated alkanes) is 23. The van der Waals surface area contributed by atoms with Crippen molar-refractivity contribution in [2.24, 2.45) is 11.5 Å². The van der Waals surface area contributed by atoms with E-state index in [1.54, 1.807) is 4.90 Å². The minimum absolute atomic E-state index is 0.0850. The normalized spacial score (nSPS) is 14.8. The number of rotatable bonds is 35. The molecule has 8 heteroatoms. The maximum absolute atomic E-state index is 13.5. The molecule has 1 rings (SSSR count). The van der Waals surface area contributed by atoms with Crippen molar-refractivity contribution in [3.63, 3.8) is 0 Å². The number of nitrogens with two attached hydrogens (primary N) is 2. The van der Waals surface area contributed by atoms with Crippen LogP contribution in [0.4, 0.5) is 0 Å². The van der Waals surface area contributed by atoms with Gasteiger partial charge in [-0.15, -0.1) is 0 Å². The Kier molecular flexibility index (Phi) is 35.5. The fraction of sp³-hybridized carbons (Fsp3) is 0.854. The molecule has 0 aromatic rings. The molecule has 1 aliphatic heterocycles. The second kappa shape index (κ2) is 38.3. The largest absolute Gasteiger partial charge is 0.339 e. The van der Waals surface area contributed by atoms with Crippen LogP contribution in [0.2, 0.25) is 0 Å². The average molecular weight is 786 g/mol. The molecule has 8 nitrogen and oxygen atoms in total. The molecule has 0 saturated carbocycles. The summed E-state index contributed by atoms with van der Waals surface area (Å²) in [6.07, 6.45) is 44.7. The zero-order chi connectivity index (χ0) is 40.7. The van der Waals surface area contributed by atoms with Crippen LogP contribution in [0.15, 0.2) is 24.3 Å². The minimum atomic E-state index is -0.581. The van der Waals surface area contributed by atoms with Gasteiger partial charge in [-0.3, -0.25) is 14.4 Å². The number of carbonyl (C=O) groups is 3. The van der Waals surface area contributed by atoms with Gasteiger partial charge in [-0.05, 0) is 83.6 Å². The van der Waals surface area contributed by atoms with E-state index < -0.39 is 6.04 Å². The molecule has 56 heavy (non-hydrogen) atoms. The lowest BCUT2D eigenvalue weighted by Crippen LogP contribution is -2.48. The van der Waals surface area contributed by atoms with Gasteiger partial charge in [0, 0.05) is 52.1 Å². The van der Waals surface area contributed by atoms with E-state index >= 15 is 0 Å². The maximum Gasteiger partial charge on any atom is 0.239 e. The average Bonchev–Trinajstić information content (AvgIpc) is 3.31. The van der Waals surface area contributed by atoms with E-state index in [1.165, 1.54) is 116 Å². The Balaban J connectivity index is 2.47. The third kappa shape index (κ3) is 29.1. The van der Waals surface area contributed by atoms with Gasteiger partial charge in [0.1, 0.15) is 0 Å². The quantitative estimate of drug-likeness (QED) is 0.0491. The van der Waals surface area contributed by atoms with Gasteiger partial charge in [0.15, 0.2) is 0 Å². The van der Waals surface area contributed by atoms with Crippen molar-refractivity contribution < 1.29 is 14.4 Å². The van der Waals surface area contributed by atoms with Gasteiger partial charge in [0.2, 0.25) is 17.7 Å². The molecule has 1 unspecified atom stereocenters. The van der Waals surface area contributed by atoms with Crippen LogP contribution < -0.4 is 11.5 Å². The van der Waals surface area contributed by atoms with Crippen molar-refractivity contribution in [2.45, 2.75) is 219 Å². The summed E-state index contributed by atoms with van der Waals surface area (Å²) in [5.74, 6) is 0.181. The van der Waals surface area contributed by atoms with E-state index in [9.17, 15) is 14.4 Å². The summed E-state index contributed by atoms with van der Waals surface area (Å²) in [5.41, 5.74) is 12.0. The van der Waals surface area contributed by atoms with Crippen LogP contribution >= 0.6 is 0 Å². The number of amides is 3. The van der Waals surface area contributed by atoms with Crippen molar-refractivity contribution in [1.29, 1.82) is 0 Å². The lowest BCUT2D eigenvalue weighted by atomic mass is 10.1. The molecule has 0 aromatic heterocycles. The van der Waals surface area contributed by atoms with Crippen molar-refractivity contribution >= 4 is 17.7 Å². The van der Waals surface area contributed by atoms with Crippen LogP contribution in [0.25, 0.3) is 0 Å². The number of nitrogens with zero attached hydrogens (tertiary/aromatic N) is 3. The zero-order valence-corrected chi connectivity index (χ0v) is 37.0. The van der Waals surface area contributed by atoms with Crippen molar-refractivity contribution in [3.05, 3.63) is 24.3 Å². The topological polar surface area (TPSA) is 113 Å². The summed E-state index contributed by atoms with van der Waals surface area (Å²) in [6, 6.07) is -0.581. The molecular weight excluding hydrogens is 695 g/mol. The highest BCUT2D eigenvalue weighted by Crippen LogP contribution is 2.15. The Labute approximate surface area is 346 Å². The smallest absolute Gasteiger partial charge is 0.239 e. The Bertz CT molecular complexity index is 937. The Hall–Kier alpha value is -2.19. The summed E-state index contributed by atoms with van der Waals surface area (Å²) >= 11 is 0. The molecule has 1 atom stereocenters. The van der Waals surface area contributed by atoms with Gasteiger partial charge in [-0.25, -0.2) is 0 Å². The minimum Gasteiger partial charge on any atom is -0.339 e. The molecule has 0 radical (unpaired) electrons. The SMILES string of the molecule is CCCCCCCCC=CCCCCCCCC(=O)N1CCN(C(=O)CCCCCCCC=CCCCCCCCC)CCN(C(=O)C(N)CCCCN)CC1. The van der Waals surface area contributed by atoms with Crippen LogP contribution in [0.5, 0.6) is 0 Å². The molecule has 326 valence electrons. The van der Waals surface area contributed by atoms with Gasteiger partial charge >= 0.3 is 0 Å². The third-order valence-corrected chi connectivity index (χ3v) is 11.5. The first-order chi connectivity index (χ1) is 27.4. The molecule has 0 spiro atoms. The van der Waals surface area contributed by atoms with E-state index in [-0.39, 0.29) is 17.7 Å². The first-order valence-corrected chi connectivity index (χ1v) is 24.0. The summed E-state index contributed by atoms with van der Waals surface area (Å²) in [6.45, 7) is 8.05. The fourth-order valence-electron chi connectivity index (χ4n) is 7.66.